The van der Waals surface area contributed by atoms with Crippen molar-refractivity contribution < 1.29 is 4.79 Å². The SMILES string of the molecule is C[C@H](c1ccccc1)N(C(=O)C1(C)CCCCC1)N1CCNC[C@H]1c1cccc2[nH]ccc12. The van der Waals surface area contributed by atoms with Crippen LogP contribution in [0.4, 0.5) is 0 Å². The number of amides is 1. The van der Waals surface area contributed by atoms with E-state index in [0.717, 1.165) is 50.8 Å². The number of benzene rings is 2. The summed E-state index contributed by atoms with van der Waals surface area (Å²) in [5.74, 6) is 0.284. The van der Waals surface area contributed by atoms with E-state index < -0.39 is 0 Å². The average Bonchev–Trinajstić information content (AvgIpc) is 3.35. The maximum Gasteiger partial charge on any atom is 0.243 e. The normalized spacial score (nSPS) is 22.2. The lowest BCUT2D eigenvalue weighted by Gasteiger charge is -2.49. The van der Waals surface area contributed by atoms with Gasteiger partial charge in [0.2, 0.25) is 5.91 Å². The van der Waals surface area contributed by atoms with Gasteiger partial charge in [-0.15, -0.1) is 0 Å². The van der Waals surface area contributed by atoms with Gasteiger partial charge in [-0.2, -0.15) is 0 Å². The third-order valence-electron chi connectivity index (χ3n) is 7.81. The Labute approximate surface area is 197 Å². The lowest BCUT2D eigenvalue weighted by atomic mass is 9.74. The van der Waals surface area contributed by atoms with E-state index in [1.807, 2.05) is 12.3 Å². The number of nitrogens with one attached hydrogen (secondary N) is 2. The zero-order valence-corrected chi connectivity index (χ0v) is 19.9. The lowest BCUT2D eigenvalue weighted by Crippen LogP contribution is -2.59. The molecule has 1 saturated heterocycles. The molecule has 1 amide bonds. The minimum absolute atomic E-state index is 0.0246. The molecule has 2 fully saturated rings. The van der Waals surface area contributed by atoms with Gasteiger partial charge in [0.25, 0.3) is 0 Å². The molecule has 1 aliphatic heterocycles. The summed E-state index contributed by atoms with van der Waals surface area (Å²) in [5, 5.41) is 9.34. The quantitative estimate of drug-likeness (QED) is 0.539. The van der Waals surface area contributed by atoms with E-state index in [-0.39, 0.29) is 23.4 Å². The molecule has 174 valence electrons. The van der Waals surface area contributed by atoms with Gasteiger partial charge in [-0.25, -0.2) is 5.01 Å². The van der Waals surface area contributed by atoms with Crippen LogP contribution in [0.3, 0.4) is 0 Å². The van der Waals surface area contributed by atoms with Gasteiger partial charge in [-0.1, -0.05) is 68.7 Å². The predicted molar refractivity (Wildman–Crippen MR) is 134 cm³/mol. The molecule has 33 heavy (non-hydrogen) atoms. The number of hydrogen-bond acceptors (Lipinski definition) is 3. The van der Waals surface area contributed by atoms with Gasteiger partial charge < -0.3 is 10.3 Å². The molecular formula is C28H36N4O. The Hall–Kier alpha value is -2.63. The first kappa shape index (κ1) is 22.2. The Kier molecular flexibility index (Phi) is 6.26. The van der Waals surface area contributed by atoms with Gasteiger partial charge in [-0.3, -0.25) is 9.80 Å². The van der Waals surface area contributed by atoms with Crippen molar-refractivity contribution in [2.75, 3.05) is 19.6 Å². The molecule has 1 saturated carbocycles. The number of fused-ring (bicyclic) bond motifs is 1. The van der Waals surface area contributed by atoms with E-state index in [0.29, 0.717) is 0 Å². The first-order chi connectivity index (χ1) is 16.1. The third kappa shape index (κ3) is 4.20. The zero-order chi connectivity index (χ0) is 22.8. The smallest absolute Gasteiger partial charge is 0.243 e. The molecule has 0 unspecified atom stereocenters. The van der Waals surface area contributed by atoms with Gasteiger partial charge in [0.05, 0.1) is 12.1 Å². The number of carbonyl (C=O) groups excluding carboxylic acids is 1. The molecule has 5 nitrogen and oxygen atoms in total. The molecule has 0 bridgehead atoms. The number of aromatic nitrogens is 1. The molecule has 5 rings (SSSR count). The minimum Gasteiger partial charge on any atom is -0.361 e. The Morgan fingerprint density at radius 2 is 1.85 bits per heavy atom. The van der Waals surface area contributed by atoms with Crippen molar-refractivity contribution >= 4 is 16.8 Å². The number of rotatable bonds is 5. The molecule has 2 N–H and O–H groups in total. The van der Waals surface area contributed by atoms with Crippen molar-refractivity contribution in [3.05, 3.63) is 71.9 Å². The highest BCUT2D eigenvalue weighted by Gasteiger charge is 2.44. The molecule has 5 heteroatoms. The second-order valence-electron chi connectivity index (χ2n) is 10.0. The van der Waals surface area contributed by atoms with Gasteiger partial charge in [0.1, 0.15) is 0 Å². The van der Waals surface area contributed by atoms with E-state index >= 15 is 0 Å². The maximum absolute atomic E-state index is 14.4. The second-order valence-corrected chi connectivity index (χ2v) is 10.0. The monoisotopic (exact) mass is 444 g/mol. The van der Waals surface area contributed by atoms with Crippen LogP contribution in [0.25, 0.3) is 10.9 Å². The number of carbonyl (C=O) groups is 1. The fourth-order valence-electron chi connectivity index (χ4n) is 5.83. The van der Waals surface area contributed by atoms with E-state index in [4.69, 9.17) is 0 Å². The fraction of sp³-hybridized carbons (Fsp3) is 0.464. The number of piperazine rings is 1. The molecule has 2 heterocycles. The topological polar surface area (TPSA) is 51.4 Å². The van der Waals surface area contributed by atoms with Crippen LogP contribution in [-0.4, -0.2) is 40.5 Å². The summed E-state index contributed by atoms with van der Waals surface area (Å²) in [6.45, 7) is 6.90. The summed E-state index contributed by atoms with van der Waals surface area (Å²) in [4.78, 5) is 17.7. The van der Waals surface area contributed by atoms with Crippen LogP contribution in [0.2, 0.25) is 0 Å². The molecule has 2 atom stereocenters. The van der Waals surface area contributed by atoms with Crippen molar-refractivity contribution in [2.45, 2.75) is 58.0 Å². The van der Waals surface area contributed by atoms with Gasteiger partial charge in [0, 0.05) is 42.1 Å². The van der Waals surface area contributed by atoms with Crippen molar-refractivity contribution in [2.24, 2.45) is 5.41 Å². The van der Waals surface area contributed by atoms with E-state index in [9.17, 15) is 4.79 Å². The Bertz CT molecular complexity index is 1090. The van der Waals surface area contributed by atoms with Crippen LogP contribution in [0.1, 0.15) is 69.2 Å². The summed E-state index contributed by atoms with van der Waals surface area (Å²) in [5.41, 5.74) is 3.30. The highest BCUT2D eigenvalue weighted by atomic mass is 16.2. The van der Waals surface area contributed by atoms with E-state index in [1.165, 1.54) is 22.9 Å². The number of hydrogen-bond donors (Lipinski definition) is 2. The van der Waals surface area contributed by atoms with Crippen molar-refractivity contribution in [1.82, 2.24) is 20.3 Å². The average molecular weight is 445 g/mol. The molecule has 3 aromatic rings. The first-order valence-electron chi connectivity index (χ1n) is 12.5. The summed E-state index contributed by atoms with van der Waals surface area (Å²) in [6, 6.07) is 19.2. The highest BCUT2D eigenvalue weighted by molar-refractivity contribution is 5.84. The molecule has 1 aromatic heterocycles. The molecule has 1 aliphatic carbocycles. The second kappa shape index (κ2) is 9.32. The standard InChI is InChI=1S/C28H36N4O/c1-21(22-10-5-3-6-11-22)32(27(33)28(2)15-7-4-8-16-28)31-19-18-29-20-26(31)24-12-9-13-25-23(24)14-17-30-25/h3,5-6,9-14,17,21,26,29-30H,4,7-8,15-16,18-20H2,1-2H3/t21-,26+/m1/s1. The van der Waals surface area contributed by atoms with Crippen LogP contribution < -0.4 is 5.32 Å². The Morgan fingerprint density at radius 1 is 1.06 bits per heavy atom. The van der Waals surface area contributed by atoms with Gasteiger partial charge in [0.15, 0.2) is 0 Å². The Morgan fingerprint density at radius 3 is 2.64 bits per heavy atom. The number of aromatic amines is 1. The van der Waals surface area contributed by atoms with Crippen LogP contribution >= 0.6 is 0 Å². The largest absolute Gasteiger partial charge is 0.361 e. The lowest BCUT2D eigenvalue weighted by molar-refractivity contribution is -0.176. The third-order valence-corrected chi connectivity index (χ3v) is 7.81. The molecule has 0 radical (unpaired) electrons. The maximum atomic E-state index is 14.4. The Balaban J connectivity index is 1.58. The van der Waals surface area contributed by atoms with Crippen molar-refractivity contribution in [1.29, 1.82) is 0 Å². The number of nitrogens with zero attached hydrogens (tertiary/aromatic N) is 2. The number of H-pyrrole nitrogens is 1. The van der Waals surface area contributed by atoms with Crippen molar-refractivity contribution in [3.8, 4) is 0 Å². The summed E-state index contributed by atoms with van der Waals surface area (Å²) >= 11 is 0. The zero-order valence-electron chi connectivity index (χ0n) is 19.9. The first-order valence-corrected chi connectivity index (χ1v) is 12.5. The van der Waals surface area contributed by atoms with E-state index in [1.54, 1.807) is 0 Å². The van der Waals surface area contributed by atoms with Crippen LogP contribution in [-0.2, 0) is 4.79 Å². The van der Waals surface area contributed by atoms with Gasteiger partial charge >= 0.3 is 0 Å². The summed E-state index contributed by atoms with van der Waals surface area (Å²) < 4.78 is 0. The molecule has 0 spiro atoms. The summed E-state index contributed by atoms with van der Waals surface area (Å²) in [6.07, 6.45) is 7.49. The van der Waals surface area contributed by atoms with Crippen LogP contribution in [0.15, 0.2) is 60.8 Å². The highest BCUT2D eigenvalue weighted by Crippen LogP contribution is 2.42. The van der Waals surface area contributed by atoms with Crippen molar-refractivity contribution in [3.63, 3.8) is 0 Å². The fourth-order valence-corrected chi connectivity index (χ4v) is 5.83. The van der Waals surface area contributed by atoms with Gasteiger partial charge in [-0.05, 0) is 43.0 Å². The molecule has 2 aliphatic rings. The van der Waals surface area contributed by atoms with Crippen LogP contribution in [0.5, 0.6) is 0 Å². The van der Waals surface area contributed by atoms with E-state index in [2.05, 4.69) is 82.7 Å². The molecular weight excluding hydrogens is 408 g/mol. The summed E-state index contributed by atoms with van der Waals surface area (Å²) in [7, 11) is 0. The number of hydrazine groups is 1. The predicted octanol–water partition coefficient (Wildman–Crippen LogP) is 5.59. The minimum atomic E-state index is -0.295. The van der Waals surface area contributed by atoms with Crippen LogP contribution in [0, 0.1) is 5.41 Å². The molecule has 2 aromatic carbocycles.